The smallest absolute Gasteiger partial charge is 0.0509 e. The third kappa shape index (κ3) is 4.32. The van der Waals surface area contributed by atoms with Gasteiger partial charge >= 0.3 is 0 Å². The fraction of sp³-hybridized carbons (Fsp3) is 0.647. The summed E-state index contributed by atoms with van der Waals surface area (Å²) in [5.74, 6) is 1.36. The van der Waals surface area contributed by atoms with Gasteiger partial charge in [-0.2, -0.15) is 0 Å². The molecule has 0 bridgehead atoms. The summed E-state index contributed by atoms with van der Waals surface area (Å²) in [7, 11) is 0. The van der Waals surface area contributed by atoms with E-state index in [9.17, 15) is 0 Å². The quantitative estimate of drug-likeness (QED) is 0.841. The third-order valence-electron chi connectivity index (χ3n) is 4.05. The van der Waals surface area contributed by atoms with Gasteiger partial charge in [-0.3, -0.25) is 0 Å². The summed E-state index contributed by atoms with van der Waals surface area (Å²) in [6.45, 7) is 8.73. The Morgan fingerprint density at radius 2 is 1.95 bits per heavy atom. The normalized spacial score (nSPS) is 22.6. The van der Waals surface area contributed by atoms with E-state index in [0.717, 1.165) is 13.2 Å². The summed E-state index contributed by atoms with van der Waals surface area (Å²) in [5, 5.41) is 3.83. The molecule has 1 N–H and O–H groups in total. The Balaban J connectivity index is 2.01. The van der Waals surface area contributed by atoms with E-state index in [4.69, 9.17) is 4.74 Å². The number of benzene rings is 1. The van der Waals surface area contributed by atoms with Crippen LogP contribution in [0, 0.1) is 11.8 Å². The molecule has 19 heavy (non-hydrogen) atoms. The molecule has 1 aliphatic rings. The maximum Gasteiger partial charge on any atom is 0.0509 e. The van der Waals surface area contributed by atoms with Crippen molar-refractivity contribution in [2.45, 2.75) is 45.7 Å². The van der Waals surface area contributed by atoms with Crippen molar-refractivity contribution in [3.63, 3.8) is 0 Å². The Bertz CT molecular complexity index is 357. The van der Waals surface area contributed by atoms with Crippen LogP contribution in [0.25, 0.3) is 0 Å². The van der Waals surface area contributed by atoms with Crippen molar-refractivity contribution < 1.29 is 4.74 Å². The Labute approximate surface area is 117 Å². The fourth-order valence-electron chi connectivity index (χ4n) is 2.86. The van der Waals surface area contributed by atoms with Crippen LogP contribution in [-0.2, 0) is 4.74 Å². The molecule has 1 aliphatic heterocycles. The molecule has 3 atom stereocenters. The second kappa shape index (κ2) is 7.06. The predicted molar refractivity (Wildman–Crippen MR) is 80.2 cm³/mol. The van der Waals surface area contributed by atoms with Gasteiger partial charge in [0.05, 0.1) is 6.61 Å². The molecule has 0 saturated carbocycles. The molecule has 1 fully saturated rings. The highest BCUT2D eigenvalue weighted by molar-refractivity contribution is 5.19. The lowest BCUT2D eigenvalue weighted by atomic mass is 9.93. The van der Waals surface area contributed by atoms with Crippen LogP contribution >= 0.6 is 0 Å². The van der Waals surface area contributed by atoms with Crippen molar-refractivity contribution in [2.24, 2.45) is 11.8 Å². The zero-order chi connectivity index (χ0) is 13.7. The van der Waals surface area contributed by atoms with Crippen molar-refractivity contribution in [3.05, 3.63) is 35.9 Å². The molecule has 2 heteroatoms. The number of ether oxygens (including phenoxy) is 1. The zero-order valence-corrected chi connectivity index (χ0v) is 12.4. The van der Waals surface area contributed by atoms with Gasteiger partial charge in [0.25, 0.3) is 0 Å². The van der Waals surface area contributed by atoms with E-state index in [1.54, 1.807) is 0 Å². The van der Waals surface area contributed by atoms with E-state index < -0.39 is 0 Å². The first-order chi connectivity index (χ1) is 9.16. The minimum absolute atomic E-state index is 0.455. The molecule has 1 saturated heterocycles. The van der Waals surface area contributed by atoms with E-state index in [-0.39, 0.29) is 0 Å². The first kappa shape index (κ1) is 14.5. The van der Waals surface area contributed by atoms with Crippen LogP contribution in [-0.4, -0.2) is 19.3 Å². The fourth-order valence-corrected chi connectivity index (χ4v) is 2.86. The summed E-state index contributed by atoms with van der Waals surface area (Å²) in [6.07, 6.45) is 2.37. The van der Waals surface area contributed by atoms with E-state index in [2.05, 4.69) is 56.4 Å². The topological polar surface area (TPSA) is 21.3 Å². The summed E-state index contributed by atoms with van der Waals surface area (Å²) < 4.78 is 5.51. The molecule has 0 radical (unpaired) electrons. The van der Waals surface area contributed by atoms with Crippen molar-refractivity contribution >= 4 is 0 Å². The van der Waals surface area contributed by atoms with Crippen LogP contribution in [0.1, 0.15) is 45.2 Å². The van der Waals surface area contributed by atoms with Crippen LogP contribution in [0.2, 0.25) is 0 Å². The molecular formula is C17H27NO. The zero-order valence-electron chi connectivity index (χ0n) is 12.4. The number of hydrogen-bond acceptors (Lipinski definition) is 2. The van der Waals surface area contributed by atoms with Gasteiger partial charge in [-0.25, -0.2) is 0 Å². The van der Waals surface area contributed by atoms with Crippen molar-refractivity contribution in [1.29, 1.82) is 0 Å². The molecular weight excluding hydrogens is 234 g/mol. The maximum atomic E-state index is 5.51. The number of rotatable bonds is 6. The summed E-state index contributed by atoms with van der Waals surface area (Å²) in [4.78, 5) is 0. The maximum absolute atomic E-state index is 5.51. The first-order valence-electron chi connectivity index (χ1n) is 7.55. The molecule has 0 aliphatic carbocycles. The highest BCUT2D eigenvalue weighted by atomic mass is 16.5. The highest BCUT2D eigenvalue weighted by Crippen LogP contribution is 2.25. The molecule has 0 spiro atoms. The van der Waals surface area contributed by atoms with Crippen LogP contribution in [0.5, 0.6) is 0 Å². The van der Waals surface area contributed by atoms with E-state index in [1.807, 2.05) is 0 Å². The third-order valence-corrected chi connectivity index (χ3v) is 4.05. The predicted octanol–water partition coefficient (Wildman–Crippen LogP) is 3.79. The van der Waals surface area contributed by atoms with Crippen LogP contribution in [0.15, 0.2) is 30.3 Å². The molecule has 1 heterocycles. The van der Waals surface area contributed by atoms with E-state index in [1.165, 1.54) is 18.4 Å². The number of hydrogen-bond donors (Lipinski definition) is 1. The summed E-state index contributed by atoms with van der Waals surface area (Å²) in [6, 6.07) is 11.8. The van der Waals surface area contributed by atoms with Crippen molar-refractivity contribution in [3.8, 4) is 0 Å². The first-order valence-corrected chi connectivity index (χ1v) is 7.55. The van der Waals surface area contributed by atoms with Gasteiger partial charge in [-0.1, -0.05) is 44.2 Å². The lowest BCUT2D eigenvalue weighted by Gasteiger charge is -2.28. The minimum atomic E-state index is 0.455. The Morgan fingerprint density at radius 3 is 2.53 bits per heavy atom. The van der Waals surface area contributed by atoms with Gasteiger partial charge < -0.3 is 10.1 Å². The van der Waals surface area contributed by atoms with E-state index >= 15 is 0 Å². The van der Waals surface area contributed by atoms with Crippen molar-refractivity contribution in [1.82, 2.24) is 5.32 Å². The standard InChI is InChI=1S/C17H27NO/c1-13(2)11-17(15-7-5-4-6-8-15)18-14(3)16-9-10-19-12-16/h4-8,13-14,16-18H,9-12H2,1-3H3. The minimum Gasteiger partial charge on any atom is -0.381 e. The molecule has 1 aromatic rings. The second-order valence-electron chi connectivity index (χ2n) is 6.17. The van der Waals surface area contributed by atoms with Gasteiger partial charge in [0.1, 0.15) is 0 Å². The monoisotopic (exact) mass is 261 g/mol. The van der Waals surface area contributed by atoms with Gasteiger partial charge in [-0.05, 0) is 37.2 Å². The molecule has 1 aromatic carbocycles. The van der Waals surface area contributed by atoms with Gasteiger partial charge in [0.2, 0.25) is 0 Å². The van der Waals surface area contributed by atoms with Gasteiger partial charge in [0, 0.05) is 18.7 Å². The van der Waals surface area contributed by atoms with Crippen LogP contribution in [0.4, 0.5) is 0 Å². The summed E-state index contributed by atoms with van der Waals surface area (Å²) in [5.41, 5.74) is 1.40. The average molecular weight is 261 g/mol. The molecule has 106 valence electrons. The lowest BCUT2D eigenvalue weighted by Crippen LogP contribution is -2.37. The molecule has 3 unspecified atom stereocenters. The van der Waals surface area contributed by atoms with E-state index in [0.29, 0.717) is 23.9 Å². The second-order valence-corrected chi connectivity index (χ2v) is 6.17. The number of nitrogens with one attached hydrogen (secondary N) is 1. The average Bonchev–Trinajstić information content (AvgIpc) is 2.92. The largest absolute Gasteiger partial charge is 0.381 e. The Hall–Kier alpha value is -0.860. The van der Waals surface area contributed by atoms with Gasteiger partial charge in [0.15, 0.2) is 0 Å². The molecule has 0 aromatic heterocycles. The SMILES string of the molecule is CC(C)CC(NC(C)C1CCOC1)c1ccccc1. The van der Waals surface area contributed by atoms with Crippen LogP contribution in [0.3, 0.4) is 0 Å². The summed E-state index contributed by atoms with van der Waals surface area (Å²) >= 11 is 0. The Morgan fingerprint density at radius 1 is 1.21 bits per heavy atom. The molecule has 2 rings (SSSR count). The van der Waals surface area contributed by atoms with Gasteiger partial charge in [-0.15, -0.1) is 0 Å². The molecule has 0 amide bonds. The van der Waals surface area contributed by atoms with Crippen molar-refractivity contribution in [2.75, 3.05) is 13.2 Å². The van der Waals surface area contributed by atoms with Crippen LogP contribution < -0.4 is 5.32 Å². The lowest BCUT2D eigenvalue weighted by molar-refractivity contribution is 0.175. The highest BCUT2D eigenvalue weighted by Gasteiger charge is 2.25. The Kier molecular flexibility index (Phi) is 5.41. The molecule has 2 nitrogen and oxygen atoms in total.